The van der Waals surface area contributed by atoms with Crippen molar-refractivity contribution in [2.75, 3.05) is 0 Å². The van der Waals surface area contributed by atoms with Crippen LogP contribution in [0.25, 0.3) is 10.9 Å². The van der Waals surface area contributed by atoms with E-state index in [1.165, 1.54) is 0 Å². The van der Waals surface area contributed by atoms with E-state index in [2.05, 4.69) is 11.6 Å². The summed E-state index contributed by atoms with van der Waals surface area (Å²) < 4.78 is 4.73. The molecule has 0 aliphatic rings. The van der Waals surface area contributed by atoms with Crippen LogP contribution in [0.15, 0.2) is 49.4 Å². The van der Waals surface area contributed by atoms with Crippen molar-refractivity contribution < 1.29 is 9.53 Å². The van der Waals surface area contributed by atoms with E-state index in [1.54, 1.807) is 12.3 Å². The fourth-order valence-electron chi connectivity index (χ4n) is 1.41. The number of pyridine rings is 1. The van der Waals surface area contributed by atoms with Crippen LogP contribution in [0.5, 0.6) is 0 Å². The molecule has 0 bridgehead atoms. The molecule has 0 spiro atoms. The summed E-state index contributed by atoms with van der Waals surface area (Å²) in [5.74, 6) is -0.413. The summed E-state index contributed by atoms with van der Waals surface area (Å²) in [4.78, 5) is 15.7. The molecule has 2 rings (SSSR count). The van der Waals surface area contributed by atoms with Crippen molar-refractivity contribution in [3.63, 3.8) is 0 Å². The van der Waals surface area contributed by atoms with Crippen LogP contribution in [0.4, 0.5) is 0 Å². The number of carbonyl (C=O) groups excluding carboxylic acids is 1. The maximum Gasteiger partial charge on any atom is 0.343 e. The van der Waals surface area contributed by atoms with E-state index in [9.17, 15) is 4.79 Å². The molecule has 0 radical (unpaired) electrons. The van der Waals surface area contributed by atoms with Crippen molar-refractivity contribution in [2.24, 2.45) is 0 Å². The molecule has 1 aromatic heterocycles. The van der Waals surface area contributed by atoms with E-state index in [-0.39, 0.29) is 0 Å². The predicted octanol–water partition coefficient (Wildman–Crippen LogP) is 2.54. The number of ether oxygens (including phenoxy) is 1. The highest BCUT2D eigenvalue weighted by molar-refractivity contribution is 6.03. The fraction of sp³-hybridized carbons (Fsp3) is 0. The Bertz CT molecular complexity index is 515. The van der Waals surface area contributed by atoms with Gasteiger partial charge in [0.2, 0.25) is 0 Å². The Hall–Kier alpha value is -2.16. The molecule has 2 aromatic rings. The van der Waals surface area contributed by atoms with Crippen molar-refractivity contribution in [3.05, 3.63) is 54.9 Å². The standard InChI is InChI=1S/C12H9NO2/c1-2-15-12(14)10-7-8-13-11-6-4-3-5-9(10)11/h2-8H,1H2. The first-order valence-electron chi connectivity index (χ1n) is 4.48. The van der Waals surface area contributed by atoms with Crippen molar-refractivity contribution in [1.82, 2.24) is 4.98 Å². The number of para-hydroxylation sites is 1. The van der Waals surface area contributed by atoms with Gasteiger partial charge in [0.1, 0.15) is 0 Å². The van der Waals surface area contributed by atoms with Gasteiger partial charge < -0.3 is 4.74 Å². The van der Waals surface area contributed by atoms with Crippen LogP contribution < -0.4 is 0 Å². The summed E-state index contributed by atoms with van der Waals surface area (Å²) in [6, 6.07) is 9.04. The predicted molar refractivity (Wildman–Crippen MR) is 57.4 cm³/mol. The van der Waals surface area contributed by atoms with Gasteiger partial charge in [-0.25, -0.2) is 4.79 Å². The molecular weight excluding hydrogens is 190 g/mol. The van der Waals surface area contributed by atoms with Gasteiger partial charge in [-0.05, 0) is 12.1 Å². The Kier molecular flexibility index (Phi) is 2.46. The quantitative estimate of drug-likeness (QED) is 0.551. The van der Waals surface area contributed by atoms with Gasteiger partial charge in [0.05, 0.1) is 17.3 Å². The van der Waals surface area contributed by atoms with E-state index in [1.807, 2.05) is 24.3 Å². The lowest BCUT2D eigenvalue weighted by Gasteiger charge is -2.02. The summed E-state index contributed by atoms with van der Waals surface area (Å²) in [6.45, 7) is 3.35. The molecule has 74 valence electrons. The van der Waals surface area contributed by atoms with Crippen LogP contribution in [-0.4, -0.2) is 11.0 Å². The number of nitrogens with zero attached hydrogens (tertiary/aromatic N) is 1. The lowest BCUT2D eigenvalue weighted by molar-refractivity contribution is 0.0666. The molecule has 1 heterocycles. The summed E-state index contributed by atoms with van der Waals surface area (Å²) in [7, 11) is 0. The van der Waals surface area contributed by atoms with Gasteiger partial charge >= 0.3 is 5.97 Å². The number of esters is 1. The number of fused-ring (bicyclic) bond motifs is 1. The first kappa shape index (κ1) is 9.40. The highest BCUT2D eigenvalue weighted by Gasteiger charge is 2.09. The van der Waals surface area contributed by atoms with Crippen LogP contribution in [0.1, 0.15) is 10.4 Å². The number of hydrogen-bond donors (Lipinski definition) is 0. The van der Waals surface area contributed by atoms with Crippen LogP contribution in [0.2, 0.25) is 0 Å². The lowest BCUT2D eigenvalue weighted by Crippen LogP contribution is -2.01. The smallest absolute Gasteiger partial charge is 0.343 e. The van der Waals surface area contributed by atoms with E-state index < -0.39 is 5.97 Å². The third kappa shape index (κ3) is 1.72. The third-order valence-corrected chi connectivity index (χ3v) is 2.06. The average Bonchev–Trinajstić information content (AvgIpc) is 2.28. The van der Waals surface area contributed by atoms with Gasteiger partial charge in [-0.2, -0.15) is 0 Å². The molecular formula is C12H9NO2. The Balaban J connectivity index is 2.60. The van der Waals surface area contributed by atoms with Crippen molar-refractivity contribution in [3.8, 4) is 0 Å². The lowest BCUT2D eigenvalue weighted by atomic mass is 10.1. The van der Waals surface area contributed by atoms with E-state index >= 15 is 0 Å². The van der Waals surface area contributed by atoms with Crippen LogP contribution >= 0.6 is 0 Å². The molecule has 0 N–H and O–H groups in total. The van der Waals surface area contributed by atoms with Crippen molar-refractivity contribution in [1.29, 1.82) is 0 Å². The highest BCUT2D eigenvalue weighted by Crippen LogP contribution is 2.16. The van der Waals surface area contributed by atoms with Gasteiger partial charge in [-0.3, -0.25) is 4.98 Å². The summed E-state index contributed by atoms with van der Waals surface area (Å²) in [5, 5.41) is 0.784. The summed E-state index contributed by atoms with van der Waals surface area (Å²) in [5.41, 5.74) is 1.27. The van der Waals surface area contributed by atoms with Gasteiger partial charge in [0.15, 0.2) is 0 Å². The molecule has 0 saturated carbocycles. The van der Waals surface area contributed by atoms with Gasteiger partial charge in [-0.15, -0.1) is 0 Å². The first-order chi connectivity index (χ1) is 7.33. The molecule has 0 aliphatic heterocycles. The SMILES string of the molecule is C=COC(=O)c1ccnc2ccccc12. The maximum absolute atomic E-state index is 11.5. The normalized spacial score (nSPS) is 9.87. The van der Waals surface area contributed by atoms with E-state index in [4.69, 9.17) is 4.74 Å². The fourth-order valence-corrected chi connectivity index (χ4v) is 1.41. The zero-order chi connectivity index (χ0) is 10.7. The second-order valence-electron chi connectivity index (χ2n) is 2.95. The summed E-state index contributed by atoms with van der Waals surface area (Å²) >= 11 is 0. The second-order valence-corrected chi connectivity index (χ2v) is 2.95. The number of rotatable bonds is 2. The van der Waals surface area contributed by atoms with Gasteiger partial charge in [0, 0.05) is 11.6 Å². The topological polar surface area (TPSA) is 39.2 Å². The Morgan fingerprint density at radius 2 is 2.13 bits per heavy atom. The molecule has 3 nitrogen and oxygen atoms in total. The maximum atomic E-state index is 11.5. The molecule has 0 saturated heterocycles. The second kappa shape index (κ2) is 3.92. The Labute approximate surface area is 87.0 Å². The monoisotopic (exact) mass is 199 g/mol. The minimum absolute atomic E-state index is 0.413. The largest absolute Gasteiger partial charge is 0.432 e. The molecule has 0 fully saturated rings. The molecule has 0 atom stereocenters. The molecule has 3 heteroatoms. The van der Waals surface area contributed by atoms with Crippen LogP contribution in [0, 0.1) is 0 Å². The summed E-state index contributed by atoms with van der Waals surface area (Å²) in [6.07, 6.45) is 2.71. The minimum Gasteiger partial charge on any atom is -0.432 e. The highest BCUT2D eigenvalue weighted by atomic mass is 16.5. The van der Waals surface area contributed by atoms with Crippen molar-refractivity contribution in [2.45, 2.75) is 0 Å². The minimum atomic E-state index is -0.413. The number of hydrogen-bond acceptors (Lipinski definition) is 3. The average molecular weight is 199 g/mol. The Morgan fingerprint density at radius 1 is 1.33 bits per heavy atom. The van der Waals surface area contributed by atoms with Gasteiger partial charge in [-0.1, -0.05) is 24.8 Å². The van der Waals surface area contributed by atoms with Gasteiger partial charge in [0.25, 0.3) is 0 Å². The van der Waals surface area contributed by atoms with E-state index in [0.29, 0.717) is 5.56 Å². The van der Waals surface area contributed by atoms with E-state index in [0.717, 1.165) is 17.2 Å². The third-order valence-electron chi connectivity index (χ3n) is 2.06. The molecule has 15 heavy (non-hydrogen) atoms. The number of benzene rings is 1. The number of carbonyl (C=O) groups is 1. The molecule has 0 unspecified atom stereocenters. The molecule has 0 amide bonds. The first-order valence-corrected chi connectivity index (χ1v) is 4.48. The van der Waals surface area contributed by atoms with Crippen LogP contribution in [-0.2, 0) is 4.74 Å². The molecule has 1 aromatic carbocycles. The zero-order valence-corrected chi connectivity index (χ0v) is 8.01. The van der Waals surface area contributed by atoms with Crippen molar-refractivity contribution >= 4 is 16.9 Å². The zero-order valence-electron chi connectivity index (χ0n) is 8.01. The van der Waals surface area contributed by atoms with Crippen LogP contribution in [0.3, 0.4) is 0 Å². The molecule has 0 aliphatic carbocycles. The Morgan fingerprint density at radius 3 is 2.93 bits per heavy atom. The number of aromatic nitrogens is 1.